The van der Waals surface area contributed by atoms with Crippen molar-refractivity contribution in [2.75, 3.05) is 33.3 Å². The van der Waals surface area contributed by atoms with Crippen molar-refractivity contribution in [1.29, 1.82) is 0 Å². The number of aromatic amines is 1. The molecular weight excluding hydrogens is 282 g/mol. The number of H-pyrrole nitrogens is 1. The number of carbonyl (C=O) groups excluding carboxylic acids is 2. The van der Waals surface area contributed by atoms with Crippen molar-refractivity contribution in [3.05, 3.63) is 24.0 Å². The smallest absolute Gasteiger partial charge is 0.306 e. The third-order valence-electron chi connectivity index (χ3n) is 4.74. The Morgan fingerprint density at radius 3 is 2.55 bits per heavy atom. The van der Waals surface area contributed by atoms with E-state index in [0.717, 1.165) is 32.7 Å². The number of likely N-dealkylation sites (tertiary alicyclic amines) is 2. The molecule has 120 valence electrons. The first kappa shape index (κ1) is 15.1. The highest BCUT2D eigenvalue weighted by Gasteiger charge is 2.41. The van der Waals surface area contributed by atoms with Crippen LogP contribution in [-0.2, 0) is 20.9 Å². The van der Waals surface area contributed by atoms with Gasteiger partial charge in [-0.3, -0.25) is 14.5 Å². The summed E-state index contributed by atoms with van der Waals surface area (Å²) < 4.78 is 4.58. The summed E-state index contributed by atoms with van der Waals surface area (Å²) in [6.07, 6.45) is 2.40. The zero-order valence-electron chi connectivity index (χ0n) is 13.0. The molecule has 2 saturated heterocycles. The van der Waals surface area contributed by atoms with Gasteiger partial charge < -0.3 is 14.6 Å². The SMILES string of the molecule is COC(=O)CCC(=O)N1C[C@@H]2CN(Cc3ccc[nH]3)C[C@H]2C1. The molecule has 3 heterocycles. The summed E-state index contributed by atoms with van der Waals surface area (Å²) in [4.78, 5) is 30.9. The molecule has 0 aromatic carbocycles. The lowest BCUT2D eigenvalue weighted by Gasteiger charge is -2.21. The molecule has 3 rings (SSSR count). The Balaban J connectivity index is 1.45. The van der Waals surface area contributed by atoms with Gasteiger partial charge in [0.05, 0.1) is 13.5 Å². The topological polar surface area (TPSA) is 65.6 Å². The Labute approximate surface area is 130 Å². The van der Waals surface area contributed by atoms with Crippen molar-refractivity contribution in [2.45, 2.75) is 19.4 Å². The lowest BCUT2D eigenvalue weighted by Crippen LogP contribution is -2.33. The van der Waals surface area contributed by atoms with Crippen molar-refractivity contribution in [3.8, 4) is 0 Å². The summed E-state index contributed by atoms with van der Waals surface area (Å²) in [5, 5.41) is 0. The Morgan fingerprint density at radius 2 is 1.95 bits per heavy atom. The number of aromatic nitrogens is 1. The molecule has 1 amide bonds. The first-order valence-corrected chi connectivity index (χ1v) is 7.85. The van der Waals surface area contributed by atoms with Crippen LogP contribution in [-0.4, -0.2) is 59.9 Å². The number of amides is 1. The molecule has 0 aliphatic carbocycles. The van der Waals surface area contributed by atoms with E-state index in [9.17, 15) is 9.59 Å². The number of nitrogens with zero attached hydrogens (tertiary/aromatic N) is 2. The second-order valence-electron chi connectivity index (χ2n) is 6.28. The van der Waals surface area contributed by atoms with Crippen LogP contribution in [0.2, 0.25) is 0 Å². The van der Waals surface area contributed by atoms with Gasteiger partial charge in [-0.1, -0.05) is 0 Å². The Kier molecular flexibility index (Phi) is 4.47. The van der Waals surface area contributed by atoms with Gasteiger partial charge >= 0.3 is 5.97 Å². The van der Waals surface area contributed by atoms with E-state index in [4.69, 9.17) is 0 Å². The minimum absolute atomic E-state index is 0.0794. The van der Waals surface area contributed by atoms with E-state index in [1.54, 1.807) is 0 Å². The maximum atomic E-state index is 12.1. The van der Waals surface area contributed by atoms with E-state index in [0.29, 0.717) is 11.8 Å². The van der Waals surface area contributed by atoms with Crippen LogP contribution in [0.15, 0.2) is 18.3 Å². The summed E-state index contributed by atoms with van der Waals surface area (Å²) in [6, 6.07) is 4.13. The molecule has 1 N–H and O–H groups in total. The summed E-state index contributed by atoms with van der Waals surface area (Å²) in [6.45, 7) is 4.70. The van der Waals surface area contributed by atoms with Gasteiger partial charge in [-0.25, -0.2) is 0 Å². The summed E-state index contributed by atoms with van der Waals surface area (Å²) >= 11 is 0. The number of fused-ring (bicyclic) bond motifs is 1. The maximum absolute atomic E-state index is 12.1. The zero-order chi connectivity index (χ0) is 15.5. The van der Waals surface area contributed by atoms with Crippen molar-refractivity contribution >= 4 is 11.9 Å². The average molecular weight is 305 g/mol. The fourth-order valence-corrected chi connectivity index (χ4v) is 3.60. The van der Waals surface area contributed by atoms with Gasteiger partial charge in [-0.15, -0.1) is 0 Å². The summed E-state index contributed by atoms with van der Waals surface area (Å²) in [5.74, 6) is 0.898. The van der Waals surface area contributed by atoms with Crippen LogP contribution in [0.1, 0.15) is 18.5 Å². The molecule has 0 bridgehead atoms. The molecule has 2 aliphatic rings. The predicted molar refractivity (Wildman–Crippen MR) is 80.9 cm³/mol. The van der Waals surface area contributed by atoms with Crippen LogP contribution in [0.25, 0.3) is 0 Å². The average Bonchev–Trinajstić information content (AvgIpc) is 3.20. The van der Waals surface area contributed by atoms with E-state index in [1.807, 2.05) is 17.2 Å². The second kappa shape index (κ2) is 6.52. The number of hydrogen-bond acceptors (Lipinski definition) is 4. The first-order chi connectivity index (χ1) is 10.7. The van der Waals surface area contributed by atoms with E-state index < -0.39 is 0 Å². The molecule has 6 nitrogen and oxygen atoms in total. The standard InChI is InChI=1S/C16H23N3O3/c1-22-16(21)5-4-15(20)19-9-12-7-18(8-13(12)10-19)11-14-3-2-6-17-14/h2-3,6,12-13,17H,4-5,7-11H2,1H3/t12-,13-/m0/s1. The molecule has 2 aliphatic heterocycles. The van der Waals surface area contributed by atoms with E-state index in [1.165, 1.54) is 12.8 Å². The number of rotatable bonds is 5. The van der Waals surface area contributed by atoms with Gasteiger partial charge in [0.15, 0.2) is 0 Å². The predicted octanol–water partition coefficient (Wildman–Crippen LogP) is 0.858. The minimum Gasteiger partial charge on any atom is -0.469 e. The molecule has 6 heteroatoms. The van der Waals surface area contributed by atoms with Gasteiger partial charge in [0, 0.05) is 51.0 Å². The van der Waals surface area contributed by atoms with Crippen LogP contribution in [0, 0.1) is 11.8 Å². The zero-order valence-corrected chi connectivity index (χ0v) is 13.0. The molecule has 0 radical (unpaired) electrons. The second-order valence-corrected chi connectivity index (χ2v) is 6.28. The lowest BCUT2D eigenvalue weighted by atomic mass is 10.0. The maximum Gasteiger partial charge on any atom is 0.306 e. The van der Waals surface area contributed by atoms with Crippen LogP contribution in [0.5, 0.6) is 0 Å². The van der Waals surface area contributed by atoms with Crippen LogP contribution < -0.4 is 0 Å². The molecular formula is C16H23N3O3. The highest BCUT2D eigenvalue weighted by Crippen LogP contribution is 2.32. The van der Waals surface area contributed by atoms with Crippen LogP contribution in [0.3, 0.4) is 0 Å². The molecule has 2 fully saturated rings. The first-order valence-electron chi connectivity index (χ1n) is 7.85. The Bertz CT molecular complexity index is 515. The largest absolute Gasteiger partial charge is 0.469 e. The molecule has 0 unspecified atom stereocenters. The lowest BCUT2D eigenvalue weighted by molar-refractivity contribution is -0.143. The summed E-state index contributed by atoms with van der Waals surface area (Å²) in [5.41, 5.74) is 1.24. The third-order valence-corrected chi connectivity index (χ3v) is 4.74. The number of ether oxygens (including phenoxy) is 1. The summed E-state index contributed by atoms with van der Waals surface area (Å²) in [7, 11) is 1.35. The molecule has 2 atom stereocenters. The minimum atomic E-state index is -0.315. The van der Waals surface area contributed by atoms with Crippen LogP contribution in [0.4, 0.5) is 0 Å². The van der Waals surface area contributed by atoms with Crippen LogP contribution >= 0.6 is 0 Å². The monoisotopic (exact) mass is 305 g/mol. The number of methoxy groups -OCH3 is 1. The van der Waals surface area contributed by atoms with E-state index in [2.05, 4.69) is 20.7 Å². The Hall–Kier alpha value is -1.82. The van der Waals surface area contributed by atoms with Crippen molar-refractivity contribution in [2.24, 2.45) is 11.8 Å². The number of nitrogens with one attached hydrogen (secondary N) is 1. The quantitative estimate of drug-likeness (QED) is 0.819. The van der Waals surface area contributed by atoms with Gasteiger partial charge in [-0.2, -0.15) is 0 Å². The molecule has 1 aromatic heterocycles. The molecule has 22 heavy (non-hydrogen) atoms. The van der Waals surface area contributed by atoms with Gasteiger partial charge in [0.1, 0.15) is 0 Å². The molecule has 0 spiro atoms. The molecule has 0 saturated carbocycles. The number of carbonyl (C=O) groups is 2. The van der Waals surface area contributed by atoms with E-state index in [-0.39, 0.29) is 24.7 Å². The van der Waals surface area contributed by atoms with Crippen molar-refractivity contribution in [1.82, 2.24) is 14.8 Å². The highest BCUT2D eigenvalue weighted by atomic mass is 16.5. The Morgan fingerprint density at radius 1 is 1.23 bits per heavy atom. The van der Waals surface area contributed by atoms with Crippen molar-refractivity contribution < 1.29 is 14.3 Å². The third kappa shape index (κ3) is 3.32. The number of hydrogen-bond donors (Lipinski definition) is 1. The number of esters is 1. The van der Waals surface area contributed by atoms with E-state index >= 15 is 0 Å². The van der Waals surface area contributed by atoms with Crippen molar-refractivity contribution in [3.63, 3.8) is 0 Å². The fourth-order valence-electron chi connectivity index (χ4n) is 3.60. The van der Waals surface area contributed by atoms with Gasteiger partial charge in [0.25, 0.3) is 0 Å². The normalized spacial score (nSPS) is 24.5. The van der Waals surface area contributed by atoms with Gasteiger partial charge in [-0.05, 0) is 24.0 Å². The highest BCUT2D eigenvalue weighted by molar-refractivity contribution is 5.81. The fraction of sp³-hybridized carbons (Fsp3) is 0.625. The van der Waals surface area contributed by atoms with Gasteiger partial charge in [0.2, 0.25) is 5.91 Å². The molecule has 1 aromatic rings.